The molecule has 0 bridgehead atoms. The smallest absolute Gasteiger partial charge is 0.199 e. The first-order valence-electron chi connectivity index (χ1n) is 11.1. The molecule has 0 saturated heterocycles. The Hall–Kier alpha value is -3.24. The van der Waals surface area contributed by atoms with Gasteiger partial charge < -0.3 is 19.9 Å². The van der Waals surface area contributed by atoms with Crippen LogP contribution in [-0.2, 0) is 0 Å². The zero-order valence-corrected chi connectivity index (χ0v) is 18.9. The van der Waals surface area contributed by atoms with Gasteiger partial charge in [-0.3, -0.25) is 4.40 Å². The van der Waals surface area contributed by atoms with E-state index in [2.05, 4.69) is 18.0 Å². The van der Waals surface area contributed by atoms with E-state index in [1.165, 1.54) is 6.42 Å². The van der Waals surface area contributed by atoms with Gasteiger partial charge in [-0.2, -0.15) is 5.26 Å². The molecule has 2 heterocycles. The summed E-state index contributed by atoms with van der Waals surface area (Å²) >= 11 is 0. The molecule has 1 aliphatic carbocycles. The molecule has 7 nitrogen and oxygen atoms in total. The minimum atomic E-state index is -0.387. The van der Waals surface area contributed by atoms with E-state index < -0.39 is 0 Å². The molecule has 32 heavy (non-hydrogen) atoms. The van der Waals surface area contributed by atoms with E-state index in [9.17, 15) is 5.26 Å². The van der Waals surface area contributed by atoms with Gasteiger partial charge in [-0.25, -0.2) is 4.98 Å². The number of fused-ring (bicyclic) bond motifs is 1. The van der Waals surface area contributed by atoms with E-state index in [1.54, 1.807) is 20.4 Å². The summed E-state index contributed by atoms with van der Waals surface area (Å²) in [5.41, 5.74) is 9.08. The quantitative estimate of drug-likeness (QED) is 0.585. The van der Waals surface area contributed by atoms with Crippen molar-refractivity contribution in [3.8, 4) is 34.7 Å². The molecule has 4 rings (SSSR count). The fourth-order valence-electron chi connectivity index (χ4n) is 4.72. The number of imidazole rings is 1. The first kappa shape index (κ1) is 22.0. The van der Waals surface area contributed by atoms with Crippen LogP contribution in [0.25, 0.3) is 16.9 Å². The highest BCUT2D eigenvalue weighted by Crippen LogP contribution is 2.38. The summed E-state index contributed by atoms with van der Waals surface area (Å²) in [5.74, 6) is 2.20. The molecule has 2 aromatic heterocycles. The third-order valence-corrected chi connectivity index (χ3v) is 6.47. The predicted octanol–water partition coefficient (Wildman–Crippen LogP) is 4.57. The lowest BCUT2D eigenvalue weighted by Crippen LogP contribution is -2.49. The highest BCUT2D eigenvalue weighted by Gasteiger charge is 2.33. The largest absolute Gasteiger partial charge is 0.495 e. The Morgan fingerprint density at radius 1 is 1.25 bits per heavy atom. The van der Waals surface area contributed by atoms with E-state index in [-0.39, 0.29) is 5.54 Å². The maximum Gasteiger partial charge on any atom is 0.199 e. The van der Waals surface area contributed by atoms with Crippen molar-refractivity contribution < 1.29 is 14.2 Å². The Morgan fingerprint density at radius 2 is 2.06 bits per heavy atom. The van der Waals surface area contributed by atoms with Crippen molar-refractivity contribution in [2.45, 2.75) is 44.6 Å². The number of hydrogen-bond donors (Lipinski definition) is 1. The van der Waals surface area contributed by atoms with E-state index in [1.807, 2.05) is 34.7 Å². The van der Waals surface area contributed by atoms with Crippen molar-refractivity contribution in [1.29, 1.82) is 5.26 Å². The fourth-order valence-corrected chi connectivity index (χ4v) is 4.72. The van der Waals surface area contributed by atoms with Crippen molar-refractivity contribution >= 4 is 5.65 Å². The van der Waals surface area contributed by atoms with Gasteiger partial charge in [-0.05, 0) is 43.0 Å². The number of methoxy groups -OCH3 is 2. The van der Waals surface area contributed by atoms with Crippen LogP contribution in [0.2, 0.25) is 0 Å². The molecule has 1 saturated carbocycles. The van der Waals surface area contributed by atoms with Crippen LogP contribution < -0.4 is 19.9 Å². The molecule has 7 heteroatoms. The highest BCUT2D eigenvalue weighted by molar-refractivity contribution is 5.71. The van der Waals surface area contributed by atoms with Crippen molar-refractivity contribution in [3.63, 3.8) is 0 Å². The van der Waals surface area contributed by atoms with Crippen LogP contribution >= 0.6 is 0 Å². The summed E-state index contributed by atoms with van der Waals surface area (Å²) in [6, 6.07) is 11.6. The van der Waals surface area contributed by atoms with Crippen molar-refractivity contribution in [2.75, 3.05) is 20.8 Å². The molecular weight excluding hydrogens is 404 g/mol. The number of benzene rings is 1. The second-order valence-electron chi connectivity index (χ2n) is 8.59. The van der Waals surface area contributed by atoms with Crippen LogP contribution in [0, 0.1) is 17.2 Å². The van der Waals surface area contributed by atoms with Gasteiger partial charge in [0.05, 0.1) is 31.6 Å². The van der Waals surface area contributed by atoms with Crippen molar-refractivity contribution in [1.82, 2.24) is 9.38 Å². The lowest BCUT2D eigenvalue weighted by Gasteiger charge is -2.37. The number of hydrogen-bond acceptors (Lipinski definition) is 6. The van der Waals surface area contributed by atoms with Gasteiger partial charge in [0.1, 0.15) is 35.4 Å². The summed E-state index contributed by atoms with van der Waals surface area (Å²) in [6.07, 6.45) is 7.09. The summed E-state index contributed by atoms with van der Waals surface area (Å²) in [4.78, 5) is 4.50. The normalized spacial score (nSPS) is 20.7. The topological polar surface area (TPSA) is 94.8 Å². The van der Waals surface area contributed by atoms with Crippen LogP contribution in [0.15, 0.2) is 36.5 Å². The minimum Gasteiger partial charge on any atom is -0.495 e. The van der Waals surface area contributed by atoms with Gasteiger partial charge in [0.2, 0.25) is 0 Å². The predicted molar refractivity (Wildman–Crippen MR) is 123 cm³/mol. The molecule has 0 amide bonds. The second-order valence-corrected chi connectivity index (χ2v) is 8.59. The molecule has 168 valence electrons. The van der Waals surface area contributed by atoms with Gasteiger partial charge in [0, 0.05) is 5.56 Å². The molecule has 3 aromatic rings. The van der Waals surface area contributed by atoms with Crippen LogP contribution in [-0.4, -0.2) is 35.8 Å². The zero-order valence-electron chi connectivity index (χ0n) is 18.9. The van der Waals surface area contributed by atoms with Crippen LogP contribution in [0.1, 0.15) is 44.6 Å². The molecule has 2 atom stereocenters. The number of ether oxygens (including phenoxy) is 3. The Balaban J connectivity index is 1.73. The monoisotopic (exact) mass is 434 g/mol. The SMILES string of the molecule is CC[C@@H]1CCC[C@](N)(COc2cc(-c3cnc4cccc(OC)n34)cc(OC)c2C#N)C1. The summed E-state index contributed by atoms with van der Waals surface area (Å²) in [5, 5.41) is 9.81. The summed E-state index contributed by atoms with van der Waals surface area (Å²) < 4.78 is 19.2. The van der Waals surface area contributed by atoms with Gasteiger partial charge in [0.15, 0.2) is 5.88 Å². The Kier molecular flexibility index (Phi) is 6.24. The molecule has 1 aliphatic rings. The van der Waals surface area contributed by atoms with E-state index in [4.69, 9.17) is 19.9 Å². The lowest BCUT2D eigenvalue weighted by molar-refractivity contribution is 0.140. The Morgan fingerprint density at radius 3 is 2.78 bits per heavy atom. The van der Waals surface area contributed by atoms with E-state index in [0.717, 1.165) is 42.6 Å². The standard InChI is InChI=1S/C25H30N4O3/c1-4-17-7-6-10-25(27,13-17)16-32-22-12-18(11-21(30-2)19(22)14-26)20-15-28-23-8-5-9-24(31-3)29(20)23/h5,8-9,11-12,15,17H,4,6-7,10,13,16,27H2,1-3H3/t17-,25-/m1/s1. The Bertz CT molecular complexity index is 1150. The third kappa shape index (κ3) is 4.11. The summed E-state index contributed by atoms with van der Waals surface area (Å²) in [6.45, 7) is 2.57. The fraction of sp³-hybridized carbons (Fsp3) is 0.440. The molecule has 0 spiro atoms. The van der Waals surface area contributed by atoms with E-state index in [0.29, 0.717) is 35.5 Å². The first-order chi connectivity index (χ1) is 15.5. The molecule has 1 aromatic carbocycles. The number of rotatable bonds is 7. The summed E-state index contributed by atoms with van der Waals surface area (Å²) in [7, 11) is 3.18. The van der Waals surface area contributed by atoms with Crippen molar-refractivity contribution in [3.05, 3.63) is 42.1 Å². The number of nitrogens with zero attached hydrogens (tertiary/aromatic N) is 3. The first-order valence-corrected chi connectivity index (χ1v) is 11.1. The number of nitriles is 1. The van der Waals surface area contributed by atoms with Gasteiger partial charge >= 0.3 is 0 Å². The minimum absolute atomic E-state index is 0.362. The zero-order chi connectivity index (χ0) is 22.7. The maximum atomic E-state index is 9.81. The molecule has 2 N–H and O–H groups in total. The van der Waals surface area contributed by atoms with Gasteiger partial charge in [-0.1, -0.05) is 32.3 Å². The van der Waals surface area contributed by atoms with Crippen LogP contribution in [0.5, 0.6) is 17.4 Å². The maximum absolute atomic E-state index is 9.81. The molecule has 1 fully saturated rings. The third-order valence-electron chi connectivity index (χ3n) is 6.47. The Labute approximate surface area is 188 Å². The molecular formula is C25H30N4O3. The number of aromatic nitrogens is 2. The van der Waals surface area contributed by atoms with Gasteiger partial charge in [0.25, 0.3) is 0 Å². The molecule has 0 unspecified atom stereocenters. The van der Waals surface area contributed by atoms with Crippen molar-refractivity contribution in [2.24, 2.45) is 11.7 Å². The van der Waals surface area contributed by atoms with Gasteiger partial charge in [-0.15, -0.1) is 0 Å². The average molecular weight is 435 g/mol. The van der Waals surface area contributed by atoms with Crippen LogP contribution in [0.3, 0.4) is 0 Å². The van der Waals surface area contributed by atoms with E-state index >= 15 is 0 Å². The lowest BCUT2D eigenvalue weighted by atomic mass is 9.76. The average Bonchev–Trinajstić information content (AvgIpc) is 3.26. The second kappa shape index (κ2) is 9.09. The number of pyridine rings is 1. The molecule has 0 radical (unpaired) electrons. The highest BCUT2D eigenvalue weighted by atomic mass is 16.5. The molecule has 0 aliphatic heterocycles. The van der Waals surface area contributed by atoms with Crippen LogP contribution in [0.4, 0.5) is 0 Å². The number of nitrogens with two attached hydrogens (primary N) is 1.